The fourth-order valence-electron chi connectivity index (χ4n) is 3.72. The Bertz CT molecular complexity index is 709. The van der Waals surface area contributed by atoms with Crippen LogP contribution in [-0.2, 0) is 20.8 Å². The number of aromatic nitrogens is 1. The summed E-state index contributed by atoms with van der Waals surface area (Å²) in [5.74, 6) is -0.497. The molecule has 2 aliphatic heterocycles. The van der Waals surface area contributed by atoms with E-state index in [1.807, 2.05) is 24.1 Å². The molecule has 3 atom stereocenters. The van der Waals surface area contributed by atoms with Gasteiger partial charge < -0.3 is 9.72 Å². The van der Waals surface area contributed by atoms with E-state index in [9.17, 15) is 4.79 Å². The zero-order chi connectivity index (χ0) is 14.6. The standard InChI is InChI=1S/C16H18N2O3/c1-9-13(16(19)20-2)15-14-11(7-8-18(15)21-9)10-5-3-4-6-12(10)17-14/h3-6,9,13,15,17H,7-8H2,1-2H3/t9-,13-,15+/m1/s1. The van der Waals surface area contributed by atoms with Crippen LogP contribution in [0.3, 0.4) is 0 Å². The highest BCUT2D eigenvalue weighted by molar-refractivity contribution is 5.85. The van der Waals surface area contributed by atoms with Gasteiger partial charge in [-0.15, -0.1) is 0 Å². The van der Waals surface area contributed by atoms with Crippen LogP contribution < -0.4 is 0 Å². The number of para-hydroxylation sites is 1. The van der Waals surface area contributed by atoms with Gasteiger partial charge in [0.2, 0.25) is 0 Å². The molecule has 2 aliphatic rings. The van der Waals surface area contributed by atoms with Crippen LogP contribution in [0.2, 0.25) is 0 Å². The topological polar surface area (TPSA) is 54.6 Å². The van der Waals surface area contributed by atoms with E-state index in [1.54, 1.807) is 0 Å². The van der Waals surface area contributed by atoms with Crippen molar-refractivity contribution in [3.05, 3.63) is 35.5 Å². The molecular formula is C16H18N2O3. The Morgan fingerprint density at radius 2 is 2.24 bits per heavy atom. The number of carbonyl (C=O) groups is 1. The van der Waals surface area contributed by atoms with Crippen molar-refractivity contribution < 1.29 is 14.4 Å². The van der Waals surface area contributed by atoms with E-state index in [2.05, 4.69) is 17.1 Å². The van der Waals surface area contributed by atoms with Crippen molar-refractivity contribution in [2.75, 3.05) is 13.7 Å². The Morgan fingerprint density at radius 1 is 1.43 bits per heavy atom. The summed E-state index contributed by atoms with van der Waals surface area (Å²) in [5, 5.41) is 3.18. The molecule has 1 fully saturated rings. The van der Waals surface area contributed by atoms with E-state index in [1.165, 1.54) is 18.1 Å². The number of nitrogens with zero attached hydrogens (tertiary/aromatic N) is 1. The quantitative estimate of drug-likeness (QED) is 0.817. The van der Waals surface area contributed by atoms with Crippen LogP contribution in [0.4, 0.5) is 0 Å². The molecule has 1 N–H and O–H groups in total. The Kier molecular flexibility index (Phi) is 2.80. The second kappa shape index (κ2) is 4.58. The minimum absolute atomic E-state index is 0.0800. The highest BCUT2D eigenvalue weighted by Crippen LogP contribution is 2.45. The molecule has 0 aliphatic carbocycles. The lowest BCUT2D eigenvalue weighted by Crippen LogP contribution is -2.34. The maximum atomic E-state index is 12.2. The third kappa shape index (κ3) is 1.74. The molecule has 0 spiro atoms. The summed E-state index contributed by atoms with van der Waals surface area (Å²) in [6.07, 6.45) is 0.760. The van der Waals surface area contributed by atoms with Gasteiger partial charge in [-0.3, -0.25) is 9.63 Å². The van der Waals surface area contributed by atoms with Crippen LogP contribution in [-0.4, -0.2) is 35.8 Å². The van der Waals surface area contributed by atoms with Crippen LogP contribution in [0.5, 0.6) is 0 Å². The molecule has 0 bridgehead atoms. The molecule has 0 radical (unpaired) electrons. The molecule has 110 valence electrons. The first kappa shape index (κ1) is 12.9. The average Bonchev–Trinajstić information content (AvgIpc) is 3.03. The Hall–Kier alpha value is -1.85. The van der Waals surface area contributed by atoms with Gasteiger partial charge in [0.05, 0.1) is 19.3 Å². The molecule has 0 saturated carbocycles. The third-order valence-corrected chi connectivity index (χ3v) is 4.66. The van der Waals surface area contributed by atoms with E-state index in [0.29, 0.717) is 0 Å². The largest absolute Gasteiger partial charge is 0.469 e. The van der Waals surface area contributed by atoms with Crippen molar-refractivity contribution in [1.82, 2.24) is 10.0 Å². The molecule has 0 unspecified atom stereocenters. The number of carbonyl (C=O) groups excluding carboxylic acids is 1. The summed E-state index contributed by atoms with van der Waals surface area (Å²) >= 11 is 0. The van der Waals surface area contributed by atoms with Crippen molar-refractivity contribution in [3.63, 3.8) is 0 Å². The maximum absolute atomic E-state index is 12.2. The van der Waals surface area contributed by atoms with Gasteiger partial charge >= 0.3 is 5.97 Å². The fraction of sp³-hybridized carbons (Fsp3) is 0.438. The Balaban J connectivity index is 1.87. The Labute approximate surface area is 122 Å². The van der Waals surface area contributed by atoms with Gasteiger partial charge in [0, 0.05) is 23.1 Å². The van der Waals surface area contributed by atoms with Crippen molar-refractivity contribution >= 4 is 16.9 Å². The van der Waals surface area contributed by atoms with Gasteiger partial charge in [-0.2, -0.15) is 5.06 Å². The molecule has 1 saturated heterocycles. The highest BCUT2D eigenvalue weighted by atomic mass is 16.7. The molecule has 1 aromatic heterocycles. The minimum atomic E-state index is -0.290. The van der Waals surface area contributed by atoms with Crippen LogP contribution >= 0.6 is 0 Å². The predicted molar refractivity (Wildman–Crippen MR) is 77.5 cm³/mol. The number of esters is 1. The summed E-state index contributed by atoms with van der Waals surface area (Å²) in [7, 11) is 1.44. The van der Waals surface area contributed by atoms with Gasteiger partial charge in [0.15, 0.2) is 0 Å². The summed E-state index contributed by atoms with van der Waals surface area (Å²) in [5.41, 5.74) is 3.52. The van der Waals surface area contributed by atoms with E-state index in [4.69, 9.17) is 9.57 Å². The van der Waals surface area contributed by atoms with Gasteiger partial charge in [0.25, 0.3) is 0 Å². The average molecular weight is 286 g/mol. The molecule has 2 aromatic rings. The lowest BCUT2D eigenvalue weighted by atomic mass is 9.88. The lowest BCUT2D eigenvalue weighted by Gasteiger charge is -2.29. The summed E-state index contributed by atoms with van der Waals surface area (Å²) < 4.78 is 4.98. The summed E-state index contributed by atoms with van der Waals surface area (Å²) in [6, 6.07) is 8.20. The van der Waals surface area contributed by atoms with E-state index < -0.39 is 0 Å². The molecule has 0 amide bonds. The molecule has 1 aromatic carbocycles. The second-order valence-corrected chi connectivity index (χ2v) is 5.76. The second-order valence-electron chi connectivity index (χ2n) is 5.76. The van der Waals surface area contributed by atoms with Crippen LogP contribution in [0.25, 0.3) is 10.9 Å². The molecule has 4 rings (SSSR count). The number of ether oxygens (including phenoxy) is 1. The molecule has 5 nitrogen and oxygen atoms in total. The first-order chi connectivity index (χ1) is 10.2. The molecule has 21 heavy (non-hydrogen) atoms. The number of aromatic amines is 1. The Morgan fingerprint density at radius 3 is 3.05 bits per heavy atom. The minimum Gasteiger partial charge on any atom is -0.469 e. The van der Waals surface area contributed by atoms with Crippen LogP contribution in [0.15, 0.2) is 24.3 Å². The number of nitrogens with one attached hydrogen (secondary N) is 1. The number of H-pyrrole nitrogens is 1. The predicted octanol–water partition coefficient (Wildman–Crippen LogP) is 2.19. The number of hydrogen-bond acceptors (Lipinski definition) is 4. The van der Waals surface area contributed by atoms with Crippen molar-refractivity contribution in [2.24, 2.45) is 5.92 Å². The zero-order valence-electron chi connectivity index (χ0n) is 12.1. The van der Waals surface area contributed by atoms with E-state index in [0.717, 1.165) is 24.2 Å². The molecular weight excluding hydrogens is 268 g/mol. The third-order valence-electron chi connectivity index (χ3n) is 4.66. The van der Waals surface area contributed by atoms with Crippen molar-refractivity contribution in [3.8, 4) is 0 Å². The van der Waals surface area contributed by atoms with Gasteiger partial charge in [-0.1, -0.05) is 18.2 Å². The number of benzene rings is 1. The molecule has 5 heteroatoms. The zero-order valence-corrected chi connectivity index (χ0v) is 12.1. The number of hydroxylamine groups is 2. The highest BCUT2D eigenvalue weighted by Gasteiger charge is 2.50. The van der Waals surface area contributed by atoms with Crippen LogP contribution in [0, 0.1) is 5.92 Å². The fourth-order valence-corrected chi connectivity index (χ4v) is 3.72. The lowest BCUT2D eigenvalue weighted by molar-refractivity contribution is -0.162. The monoisotopic (exact) mass is 286 g/mol. The van der Waals surface area contributed by atoms with Crippen molar-refractivity contribution in [2.45, 2.75) is 25.5 Å². The summed E-state index contributed by atoms with van der Waals surface area (Å²) in [6.45, 7) is 2.74. The number of methoxy groups -OCH3 is 1. The summed E-state index contributed by atoms with van der Waals surface area (Å²) in [4.78, 5) is 21.5. The van der Waals surface area contributed by atoms with Gasteiger partial charge in [-0.05, 0) is 25.0 Å². The molecule has 3 heterocycles. The normalized spacial score (nSPS) is 28.4. The SMILES string of the molecule is COC(=O)[C@H]1[C@H]2c3[nH]c4ccccc4c3CCN2O[C@@H]1C. The van der Waals surface area contributed by atoms with Gasteiger partial charge in [0.1, 0.15) is 5.92 Å². The smallest absolute Gasteiger partial charge is 0.313 e. The van der Waals surface area contributed by atoms with Crippen LogP contribution in [0.1, 0.15) is 24.2 Å². The van der Waals surface area contributed by atoms with Crippen molar-refractivity contribution in [1.29, 1.82) is 0 Å². The number of fused-ring (bicyclic) bond motifs is 5. The maximum Gasteiger partial charge on any atom is 0.313 e. The first-order valence-electron chi connectivity index (χ1n) is 7.31. The number of hydrogen-bond donors (Lipinski definition) is 1. The van der Waals surface area contributed by atoms with E-state index in [-0.39, 0.29) is 24.0 Å². The van der Waals surface area contributed by atoms with E-state index >= 15 is 0 Å². The van der Waals surface area contributed by atoms with Gasteiger partial charge in [-0.25, -0.2) is 0 Å². The number of rotatable bonds is 1. The first-order valence-corrected chi connectivity index (χ1v) is 7.31.